The maximum atomic E-state index is 11.5. The molecule has 0 amide bonds. The highest BCUT2D eigenvalue weighted by atomic mass is 16.4. The van der Waals surface area contributed by atoms with Crippen LogP contribution in [0.3, 0.4) is 0 Å². The van der Waals surface area contributed by atoms with Crippen molar-refractivity contribution in [3.8, 4) is 0 Å². The predicted octanol–water partition coefficient (Wildman–Crippen LogP) is 0.102. The summed E-state index contributed by atoms with van der Waals surface area (Å²) in [6, 6.07) is -0.576. The number of aryl methyl sites for hydroxylation is 2. The molecule has 1 unspecified atom stereocenters. The van der Waals surface area contributed by atoms with Gasteiger partial charge in [-0.15, -0.1) is 0 Å². The fourth-order valence-electron chi connectivity index (χ4n) is 2.45. The second kappa shape index (κ2) is 5.07. The SMILES string of the molecule is Cc1nn(C)cc1C(C(=O)O)N1CCN(C)CC1. The van der Waals surface area contributed by atoms with Gasteiger partial charge in [-0.05, 0) is 14.0 Å². The van der Waals surface area contributed by atoms with E-state index in [2.05, 4.69) is 17.0 Å². The first kappa shape index (κ1) is 13.0. The van der Waals surface area contributed by atoms with Gasteiger partial charge in [0.25, 0.3) is 0 Å². The monoisotopic (exact) mass is 252 g/mol. The zero-order valence-electron chi connectivity index (χ0n) is 11.1. The number of carboxylic acid groups (broad SMARTS) is 1. The van der Waals surface area contributed by atoms with Crippen LogP contribution in [0.2, 0.25) is 0 Å². The Kier molecular flexibility index (Phi) is 3.68. The summed E-state index contributed by atoms with van der Waals surface area (Å²) in [5, 5.41) is 13.7. The second-order valence-electron chi connectivity index (χ2n) is 4.92. The van der Waals surface area contributed by atoms with Crippen LogP contribution in [0, 0.1) is 6.92 Å². The summed E-state index contributed by atoms with van der Waals surface area (Å²) in [5.41, 5.74) is 1.60. The minimum Gasteiger partial charge on any atom is -0.480 e. The van der Waals surface area contributed by atoms with Crippen LogP contribution < -0.4 is 0 Å². The zero-order chi connectivity index (χ0) is 13.3. The number of carbonyl (C=O) groups is 1. The van der Waals surface area contributed by atoms with E-state index >= 15 is 0 Å². The summed E-state index contributed by atoms with van der Waals surface area (Å²) in [4.78, 5) is 15.8. The molecule has 100 valence electrons. The van der Waals surface area contributed by atoms with E-state index in [1.807, 2.05) is 25.1 Å². The highest BCUT2D eigenvalue weighted by Gasteiger charge is 2.31. The molecule has 0 aromatic carbocycles. The van der Waals surface area contributed by atoms with Crippen LogP contribution in [0.4, 0.5) is 0 Å². The highest BCUT2D eigenvalue weighted by molar-refractivity contribution is 5.75. The lowest BCUT2D eigenvalue weighted by Crippen LogP contribution is -2.47. The Morgan fingerprint density at radius 1 is 1.33 bits per heavy atom. The topological polar surface area (TPSA) is 61.6 Å². The number of aliphatic carboxylic acids is 1. The van der Waals surface area contributed by atoms with E-state index in [-0.39, 0.29) is 0 Å². The van der Waals surface area contributed by atoms with Gasteiger partial charge in [0, 0.05) is 45.0 Å². The van der Waals surface area contributed by atoms with Crippen LogP contribution in [0.15, 0.2) is 6.20 Å². The van der Waals surface area contributed by atoms with Crippen molar-refractivity contribution in [1.82, 2.24) is 19.6 Å². The molecule has 1 saturated heterocycles. The molecule has 1 atom stereocenters. The third-order valence-electron chi connectivity index (χ3n) is 3.48. The molecule has 0 spiro atoms. The Balaban J connectivity index is 2.23. The molecule has 1 fully saturated rings. The first-order valence-electron chi connectivity index (χ1n) is 6.14. The number of carboxylic acids is 1. The van der Waals surface area contributed by atoms with Gasteiger partial charge in [-0.2, -0.15) is 5.10 Å². The van der Waals surface area contributed by atoms with Crippen molar-refractivity contribution < 1.29 is 9.90 Å². The predicted molar refractivity (Wildman–Crippen MR) is 67.4 cm³/mol. The van der Waals surface area contributed by atoms with Crippen LogP contribution in [0.5, 0.6) is 0 Å². The van der Waals surface area contributed by atoms with Gasteiger partial charge in [0.2, 0.25) is 0 Å². The first-order valence-corrected chi connectivity index (χ1v) is 6.14. The molecule has 18 heavy (non-hydrogen) atoms. The number of piperazine rings is 1. The van der Waals surface area contributed by atoms with Gasteiger partial charge in [0.1, 0.15) is 6.04 Å². The van der Waals surface area contributed by atoms with Crippen molar-refractivity contribution in [3.63, 3.8) is 0 Å². The average molecular weight is 252 g/mol. The van der Waals surface area contributed by atoms with Crippen LogP contribution >= 0.6 is 0 Å². The lowest BCUT2D eigenvalue weighted by Gasteiger charge is -2.35. The first-order chi connectivity index (χ1) is 8.49. The number of nitrogens with zero attached hydrogens (tertiary/aromatic N) is 4. The lowest BCUT2D eigenvalue weighted by molar-refractivity contribution is -0.144. The zero-order valence-corrected chi connectivity index (χ0v) is 11.1. The van der Waals surface area contributed by atoms with Gasteiger partial charge in [-0.3, -0.25) is 14.4 Å². The van der Waals surface area contributed by atoms with Crippen LogP contribution in [-0.4, -0.2) is 63.9 Å². The van der Waals surface area contributed by atoms with Crippen LogP contribution in [-0.2, 0) is 11.8 Å². The van der Waals surface area contributed by atoms with Crippen molar-refractivity contribution in [2.45, 2.75) is 13.0 Å². The number of rotatable bonds is 3. The van der Waals surface area contributed by atoms with E-state index in [0.717, 1.165) is 37.4 Å². The van der Waals surface area contributed by atoms with Crippen molar-refractivity contribution in [2.75, 3.05) is 33.2 Å². The van der Waals surface area contributed by atoms with Gasteiger partial charge in [0.15, 0.2) is 0 Å². The Hall–Kier alpha value is -1.40. The van der Waals surface area contributed by atoms with E-state index < -0.39 is 12.0 Å². The number of hydrogen-bond acceptors (Lipinski definition) is 4. The quantitative estimate of drug-likeness (QED) is 0.827. The van der Waals surface area contributed by atoms with Crippen LogP contribution in [0.1, 0.15) is 17.3 Å². The molecule has 0 aliphatic carbocycles. The van der Waals surface area contributed by atoms with Crippen molar-refractivity contribution in [2.24, 2.45) is 7.05 Å². The van der Waals surface area contributed by atoms with Crippen molar-refractivity contribution in [1.29, 1.82) is 0 Å². The second-order valence-corrected chi connectivity index (χ2v) is 4.92. The molecule has 6 heteroatoms. The van der Waals surface area contributed by atoms with E-state index in [0.29, 0.717) is 0 Å². The molecule has 2 heterocycles. The summed E-state index contributed by atoms with van der Waals surface area (Å²) in [5.74, 6) is -0.796. The molecule has 0 bridgehead atoms. The molecule has 2 rings (SSSR count). The van der Waals surface area contributed by atoms with E-state index in [4.69, 9.17) is 0 Å². The Labute approximate surface area is 107 Å². The molecule has 0 radical (unpaired) electrons. The highest BCUT2D eigenvalue weighted by Crippen LogP contribution is 2.24. The minimum absolute atomic E-state index is 0.576. The van der Waals surface area contributed by atoms with Crippen LogP contribution in [0.25, 0.3) is 0 Å². The van der Waals surface area contributed by atoms with Gasteiger partial charge < -0.3 is 10.0 Å². The normalized spacial score (nSPS) is 19.9. The van der Waals surface area contributed by atoms with Gasteiger partial charge in [-0.25, -0.2) is 0 Å². The number of likely N-dealkylation sites (N-methyl/N-ethyl adjacent to an activating group) is 1. The number of aromatic nitrogens is 2. The third kappa shape index (κ3) is 2.54. The molecular formula is C12H20N4O2. The Bertz CT molecular complexity index is 435. The van der Waals surface area contributed by atoms with Gasteiger partial charge >= 0.3 is 5.97 Å². The fraction of sp³-hybridized carbons (Fsp3) is 0.667. The molecule has 1 aliphatic rings. The largest absolute Gasteiger partial charge is 0.480 e. The molecule has 1 N–H and O–H groups in total. The molecule has 1 aromatic rings. The lowest BCUT2D eigenvalue weighted by atomic mass is 10.1. The van der Waals surface area contributed by atoms with Crippen molar-refractivity contribution in [3.05, 3.63) is 17.5 Å². The maximum absolute atomic E-state index is 11.5. The van der Waals surface area contributed by atoms with Crippen molar-refractivity contribution >= 4 is 5.97 Å². The van der Waals surface area contributed by atoms with E-state index in [1.165, 1.54) is 0 Å². The third-order valence-corrected chi connectivity index (χ3v) is 3.48. The molecule has 1 aliphatic heterocycles. The smallest absolute Gasteiger partial charge is 0.325 e. The molecule has 0 saturated carbocycles. The summed E-state index contributed by atoms with van der Waals surface area (Å²) in [6.45, 7) is 5.23. The molecule has 6 nitrogen and oxygen atoms in total. The fourth-order valence-corrected chi connectivity index (χ4v) is 2.45. The summed E-state index contributed by atoms with van der Waals surface area (Å²) >= 11 is 0. The molecule has 1 aromatic heterocycles. The van der Waals surface area contributed by atoms with Gasteiger partial charge in [-0.1, -0.05) is 0 Å². The van der Waals surface area contributed by atoms with E-state index in [1.54, 1.807) is 4.68 Å². The average Bonchev–Trinajstić information content (AvgIpc) is 2.61. The molecular weight excluding hydrogens is 232 g/mol. The summed E-state index contributed by atoms with van der Waals surface area (Å²) in [6.07, 6.45) is 1.81. The number of hydrogen-bond donors (Lipinski definition) is 1. The minimum atomic E-state index is -0.796. The summed E-state index contributed by atoms with van der Waals surface area (Å²) in [7, 11) is 3.88. The Morgan fingerprint density at radius 2 is 1.94 bits per heavy atom. The standard InChI is InChI=1S/C12H20N4O2/c1-9-10(8-15(3)13-9)11(12(17)18)16-6-4-14(2)5-7-16/h8,11H,4-7H2,1-3H3,(H,17,18). The van der Waals surface area contributed by atoms with Gasteiger partial charge in [0.05, 0.1) is 5.69 Å². The maximum Gasteiger partial charge on any atom is 0.325 e. The Morgan fingerprint density at radius 3 is 2.39 bits per heavy atom. The summed E-state index contributed by atoms with van der Waals surface area (Å²) < 4.78 is 1.68. The van der Waals surface area contributed by atoms with E-state index in [9.17, 15) is 9.90 Å².